The Kier molecular flexibility index (Phi) is 4.32. The Morgan fingerprint density at radius 2 is 2.26 bits per heavy atom. The fraction of sp³-hybridized carbons (Fsp3) is 0.471. The van der Waals surface area contributed by atoms with Crippen LogP contribution in [-0.4, -0.2) is 40.0 Å². The van der Waals surface area contributed by atoms with Crippen molar-refractivity contribution in [3.05, 3.63) is 46.8 Å². The van der Waals surface area contributed by atoms with Crippen molar-refractivity contribution in [2.45, 2.75) is 38.8 Å². The van der Waals surface area contributed by atoms with E-state index in [0.29, 0.717) is 6.54 Å². The molecule has 0 bridgehead atoms. The Bertz CT molecular complexity index is 707. The molecule has 1 heterocycles. The lowest BCUT2D eigenvalue weighted by Gasteiger charge is -2.25. The fourth-order valence-corrected chi connectivity index (χ4v) is 3.04. The number of hydrogen-bond acceptors (Lipinski definition) is 3. The van der Waals surface area contributed by atoms with Gasteiger partial charge in [-0.05, 0) is 37.3 Å². The summed E-state index contributed by atoms with van der Waals surface area (Å²) < 4.78 is 1.94. The maximum atomic E-state index is 11.6. The molecule has 1 aromatic heterocycles. The van der Waals surface area contributed by atoms with Crippen LogP contribution in [0.15, 0.2) is 24.4 Å². The highest BCUT2D eigenvalue weighted by atomic mass is 16.2. The molecule has 0 fully saturated rings. The van der Waals surface area contributed by atoms with Crippen LogP contribution in [-0.2, 0) is 13.0 Å². The van der Waals surface area contributed by atoms with Gasteiger partial charge in [-0.1, -0.05) is 29.0 Å². The van der Waals surface area contributed by atoms with Crippen molar-refractivity contribution in [2.24, 2.45) is 0 Å². The SMILES string of the molecule is Cc1ccc2c(c1)[C@@H](n1cc(CNC(=O)N(C)C)nn1)CCC2. The molecule has 0 saturated carbocycles. The highest BCUT2D eigenvalue weighted by molar-refractivity contribution is 5.73. The average molecular weight is 313 g/mol. The summed E-state index contributed by atoms with van der Waals surface area (Å²) in [4.78, 5) is 13.1. The molecule has 1 aliphatic carbocycles. The van der Waals surface area contributed by atoms with Crippen molar-refractivity contribution in [1.29, 1.82) is 0 Å². The first kappa shape index (κ1) is 15.5. The number of benzene rings is 1. The normalized spacial score (nSPS) is 16.7. The number of aryl methyl sites for hydroxylation is 2. The van der Waals surface area contributed by atoms with E-state index in [1.54, 1.807) is 14.1 Å². The molecule has 122 valence electrons. The lowest BCUT2D eigenvalue weighted by molar-refractivity contribution is 0.217. The van der Waals surface area contributed by atoms with E-state index in [-0.39, 0.29) is 12.1 Å². The summed E-state index contributed by atoms with van der Waals surface area (Å²) in [6.45, 7) is 2.51. The van der Waals surface area contributed by atoms with Gasteiger partial charge < -0.3 is 10.2 Å². The lowest BCUT2D eigenvalue weighted by Crippen LogP contribution is -2.34. The van der Waals surface area contributed by atoms with Crippen LogP contribution < -0.4 is 5.32 Å². The maximum absolute atomic E-state index is 11.6. The third-order valence-electron chi connectivity index (χ3n) is 4.29. The van der Waals surface area contributed by atoms with Crippen LogP contribution in [0.4, 0.5) is 4.79 Å². The molecular weight excluding hydrogens is 290 g/mol. The number of aromatic nitrogens is 3. The van der Waals surface area contributed by atoms with Gasteiger partial charge in [-0.15, -0.1) is 5.10 Å². The fourth-order valence-electron chi connectivity index (χ4n) is 3.04. The number of carbonyl (C=O) groups excluding carboxylic acids is 1. The minimum absolute atomic E-state index is 0.127. The molecule has 6 nitrogen and oxygen atoms in total. The van der Waals surface area contributed by atoms with Gasteiger partial charge in [0.2, 0.25) is 0 Å². The van der Waals surface area contributed by atoms with E-state index >= 15 is 0 Å². The quantitative estimate of drug-likeness (QED) is 0.945. The van der Waals surface area contributed by atoms with Crippen LogP contribution in [0.3, 0.4) is 0 Å². The summed E-state index contributed by atoms with van der Waals surface area (Å²) in [5.41, 5.74) is 4.81. The van der Waals surface area contributed by atoms with Crippen molar-refractivity contribution in [2.75, 3.05) is 14.1 Å². The molecule has 0 saturated heterocycles. The van der Waals surface area contributed by atoms with Crippen LogP contribution in [0, 0.1) is 6.92 Å². The highest BCUT2D eigenvalue weighted by Gasteiger charge is 2.23. The van der Waals surface area contributed by atoms with Crippen LogP contribution >= 0.6 is 0 Å². The Morgan fingerprint density at radius 3 is 3.04 bits per heavy atom. The maximum Gasteiger partial charge on any atom is 0.317 e. The molecule has 0 unspecified atom stereocenters. The molecule has 0 aliphatic heterocycles. The molecular formula is C17H23N5O. The largest absolute Gasteiger partial charge is 0.332 e. The zero-order valence-corrected chi connectivity index (χ0v) is 13.9. The zero-order chi connectivity index (χ0) is 16.4. The molecule has 3 rings (SSSR count). The van der Waals surface area contributed by atoms with Crippen LogP contribution in [0.1, 0.15) is 41.3 Å². The van der Waals surface area contributed by atoms with E-state index < -0.39 is 0 Å². The van der Waals surface area contributed by atoms with E-state index in [4.69, 9.17) is 0 Å². The van der Waals surface area contributed by atoms with Gasteiger partial charge in [0.25, 0.3) is 0 Å². The van der Waals surface area contributed by atoms with Gasteiger partial charge in [-0.25, -0.2) is 9.48 Å². The van der Waals surface area contributed by atoms with Crippen molar-refractivity contribution in [3.63, 3.8) is 0 Å². The van der Waals surface area contributed by atoms with Crippen molar-refractivity contribution in [3.8, 4) is 0 Å². The predicted molar refractivity (Wildman–Crippen MR) is 88.2 cm³/mol. The molecule has 23 heavy (non-hydrogen) atoms. The molecule has 1 aromatic carbocycles. The second-order valence-corrected chi connectivity index (χ2v) is 6.35. The van der Waals surface area contributed by atoms with Gasteiger partial charge in [0, 0.05) is 14.1 Å². The van der Waals surface area contributed by atoms with Gasteiger partial charge in [0.15, 0.2) is 0 Å². The minimum atomic E-state index is -0.127. The van der Waals surface area contributed by atoms with Crippen molar-refractivity contribution in [1.82, 2.24) is 25.2 Å². The minimum Gasteiger partial charge on any atom is -0.332 e. The monoisotopic (exact) mass is 313 g/mol. The number of carbonyl (C=O) groups is 1. The van der Waals surface area contributed by atoms with Gasteiger partial charge in [-0.3, -0.25) is 0 Å². The summed E-state index contributed by atoms with van der Waals surface area (Å²) in [5.74, 6) is 0. The van der Waals surface area contributed by atoms with Crippen LogP contribution in [0.25, 0.3) is 0 Å². The van der Waals surface area contributed by atoms with E-state index in [1.807, 2.05) is 10.9 Å². The summed E-state index contributed by atoms with van der Waals surface area (Å²) >= 11 is 0. The summed E-state index contributed by atoms with van der Waals surface area (Å²) in [7, 11) is 3.43. The number of amides is 2. The number of hydrogen-bond donors (Lipinski definition) is 1. The molecule has 0 spiro atoms. The first-order chi connectivity index (χ1) is 11.0. The Balaban J connectivity index is 1.77. The topological polar surface area (TPSA) is 63.1 Å². The first-order valence-corrected chi connectivity index (χ1v) is 8.00. The number of rotatable bonds is 3. The molecule has 1 aliphatic rings. The number of fused-ring (bicyclic) bond motifs is 1. The Morgan fingerprint density at radius 1 is 1.43 bits per heavy atom. The van der Waals surface area contributed by atoms with Gasteiger partial charge >= 0.3 is 6.03 Å². The molecule has 1 atom stereocenters. The Labute approximate surface area is 136 Å². The average Bonchev–Trinajstić information content (AvgIpc) is 3.00. The third kappa shape index (κ3) is 3.36. The summed E-state index contributed by atoms with van der Waals surface area (Å²) in [5, 5.41) is 11.3. The second-order valence-electron chi connectivity index (χ2n) is 6.35. The smallest absolute Gasteiger partial charge is 0.317 e. The van der Waals surface area contributed by atoms with Crippen LogP contribution in [0.5, 0.6) is 0 Å². The molecule has 6 heteroatoms. The molecule has 2 amide bonds. The number of nitrogens with zero attached hydrogens (tertiary/aromatic N) is 4. The lowest BCUT2D eigenvalue weighted by atomic mass is 9.87. The Hall–Kier alpha value is -2.37. The third-order valence-corrected chi connectivity index (χ3v) is 4.29. The van der Waals surface area contributed by atoms with Gasteiger partial charge in [-0.2, -0.15) is 0 Å². The molecule has 1 N–H and O–H groups in total. The van der Waals surface area contributed by atoms with Crippen molar-refractivity contribution < 1.29 is 4.79 Å². The second kappa shape index (κ2) is 6.40. The van der Waals surface area contributed by atoms with E-state index in [0.717, 1.165) is 25.0 Å². The highest BCUT2D eigenvalue weighted by Crippen LogP contribution is 2.32. The van der Waals surface area contributed by atoms with Crippen LogP contribution in [0.2, 0.25) is 0 Å². The van der Waals surface area contributed by atoms with Crippen molar-refractivity contribution >= 4 is 6.03 Å². The zero-order valence-electron chi connectivity index (χ0n) is 13.9. The van der Waals surface area contributed by atoms with E-state index in [1.165, 1.54) is 21.6 Å². The standard InChI is InChI=1S/C17H23N5O/c1-12-7-8-13-5-4-6-16(15(13)9-12)22-11-14(19-20-22)10-18-17(23)21(2)3/h7-9,11,16H,4-6,10H2,1-3H3,(H,18,23)/t16-/m0/s1. The van der Waals surface area contributed by atoms with E-state index in [9.17, 15) is 4.79 Å². The predicted octanol–water partition coefficient (Wildman–Crippen LogP) is 2.28. The number of urea groups is 1. The van der Waals surface area contributed by atoms with E-state index in [2.05, 4.69) is 40.8 Å². The van der Waals surface area contributed by atoms with Gasteiger partial charge in [0.1, 0.15) is 5.69 Å². The molecule has 0 radical (unpaired) electrons. The summed E-state index contributed by atoms with van der Waals surface area (Å²) in [6.07, 6.45) is 5.31. The first-order valence-electron chi connectivity index (χ1n) is 8.00. The summed E-state index contributed by atoms with van der Waals surface area (Å²) in [6, 6.07) is 6.77. The number of nitrogens with one attached hydrogen (secondary N) is 1. The molecule has 2 aromatic rings. The van der Waals surface area contributed by atoms with Gasteiger partial charge in [0.05, 0.1) is 18.8 Å².